The summed E-state index contributed by atoms with van der Waals surface area (Å²) in [6.07, 6.45) is 2.96. The summed E-state index contributed by atoms with van der Waals surface area (Å²) in [6.45, 7) is 2.03. The van der Waals surface area contributed by atoms with E-state index in [1.54, 1.807) is 0 Å². The minimum atomic E-state index is 0.833. The molecule has 0 aromatic heterocycles. The fourth-order valence-corrected chi connectivity index (χ4v) is 0.697. The van der Waals surface area contributed by atoms with Gasteiger partial charge in [-0.3, -0.25) is 0 Å². The molecule has 0 fully saturated rings. The first kappa shape index (κ1) is 4.98. The molecular weight excluding hydrogens is 110 g/mol. The average Bonchev–Trinajstić information content (AvgIpc) is 1.91. The van der Waals surface area contributed by atoms with E-state index in [1.807, 2.05) is 24.6 Å². The second-order valence-electron chi connectivity index (χ2n) is 1.56. The Morgan fingerprint density at radius 3 is 2.71 bits per heavy atom. The van der Waals surface area contributed by atoms with Gasteiger partial charge in [0.25, 0.3) is 0 Å². The van der Waals surface area contributed by atoms with Crippen LogP contribution in [0.1, 0.15) is 6.42 Å². The van der Waals surface area contributed by atoms with E-state index >= 15 is 0 Å². The predicted octanol–water partition coefficient (Wildman–Crippen LogP) is 1.56. The number of nitrogens with zero attached hydrogens (tertiary/aromatic N) is 1. The van der Waals surface area contributed by atoms with Gasteiger partial charge in [-0.25, -0.2) is 0 Å². The maximum absolute atomic E-state index is 5.62. The first-order valence-electron chi connectivity index (χ1n) is 2.22. The lowest BCUT2D eigenvalue weighted by atomic mass is 10.5. The molecule has 2 heteroatoms. The van der Waals surface area contributed by atoms with E-state index in [2.05, 4.69) is 0 Å². The van der Waals surface area contributed by atoms with Crippen molar-refractivity contribution in [2.45, 2.75) is 6.42 Å². The van der Waals surface area contributed by atoms with Crippen molar-refractivity contribution in [3.8, 4) is 0 Å². The fourth-order valence-electron chi connectivity index (χ4n) is 0.539. The van der Waals surface area contributed by atoms with Crippen molar-refractivity contribution >= 4 is 11.6 Å². The van der Waals surface area contributed by atoms with Crippen molar-refractivity contribution < 1.29 is 0 Å². The monoisotopic (exact) mass is 116 g/mol. The number of hydrogen-bond acceptors (Lipinski definition) is 1. The van der Waals surface area contributed by atoms with Crippen LogP contribution in [-0.4, -0.2) is 11.9 Å². The molecule has 0 aromatic rings. The van der Waals surface area contributed by atoms with Crippen LogP contribution in [0.5, 0.6) is 0 Å². The first-order valence-corrected chi connectivity index (χ1v) is 2.60. The minimum absolute atomic E-state index is 0.833. The molecule has 0 unspecified atom stereocenters. The molecule has 1 radical (unpaired) electrons. The molecule has 39 valence electrons. The Bertz CT molecular complexity index is 98.3. The molecule has 0 bridgehead atoms. The van der Waals surface area contributed by atoms with Gasteiger partial charge < -0.3 is 4.90 Å². The van der Waals surface area contributed by atoms with Gasteiger partial charge in [0.05, 0.1) is 6.54 Å². The summed E-state index contributed by atoms with van der Waals surface area (Å²) in [5.74, 6) is 0. The number of rotatable bonds is 0. The molecule has 0 saturated heterocycles. The maximum atomic E-state index is 5.62. The van der Waals surface area contributed by atoms with E-state index in [4.69, 9.17) is 11.6 Å². The van der Waals surface area contributed by atoms with E-state index in [0.29, 0.717) is 0 Å². The summed E-state index contributed by atoms with van der Waals surface area (Å²) in [5.41, 5.74) is 0. The molecule has 0 spiro atoms. The minimum Gasteiger partial charge on any atom is -0.360 e. The molecule has 0 aromatic carbocycles. The van der Waals surface area contributed by atoms with Crippen LogP contribution in [0.15, 0.2) is 11.2 Å². The van der Waals surface area contributed by atoms with E-state index < -0.39 is 0 Å². The standard InChI is InChI=1S/C5H7ClN/c1-7-4-2-3-5(7)6/h3-4H,2H2,1H3. The first-order chi connectivity index (χ1) is 3.30. The van der Waals surface area contributed by atoms with Crippen LogP contribution in [0.2, 0.25) is 0 Å². The third-order valence-electron chi connectivity index (χ3n) is 1.00. The average molecular weight is 117 g/mol. The van der Waals surface area contributed by atoms with E-state index in [0.717, 1.165) is 11.6 Å². The van der Waals surface area contributed by atoms with Crippen LogP contribution in [0.3, 0.4) is 0 Å². The molecule has 1 rings (SSSR count). The lowest BCUT2D eigenvalue weighted by molar-refractivity contribution is 0.561. The summed E-state index contributed by atoms with van der Waals surface area (Å²) in [6, 6.07) is 0. The zero-order chi connectivity index (χ0) is 5.28. The normalized spacial score (nSPS) is 20.3. The van der Waals surface area contributed by atoms with Crippen molar-refractivity contribution in [1.29, 1.82) is 0 Å². The van der Waals surface area contributed by atoms with Crippen molar-refractivity contribution in [1.82, 2.24) is 4.90 Å². The molecule has 1 aliphatic rings. The summed E-state index contributed by atoms with van der Waals surface area (Å²) >= 11 is 5.62. The van der Waals surface area contributed by atoms with Gasteiger partial charge in [-0.15, -0.1) is 0 Å². The highest BCUT2D eigenvalue weighted by molar-refractivity contribution is 6.29. The highest BCUT2D eigenvalue weighted by Gasteiger charge is 2.05. The van der Waals surface area contributed by atoms with Gasteiger partial charge >= 0.3 is 0 Å². The predicted molar refractivity (Wildman–Crippen MR) is 30.6 cm³/mol. The fraction of sp³-hybridized carbons (Fsp3) is 0.400. The topological polar surface area (TPSA) is 3.24 Å². The van der Waals surface area contributed by atoms with Gasteiger partial charge in [0.2, 0.25) is 0 Å². The molecule has 0 saturated carbocycles. The number of hydrogen-bond donors (Lipinski definition) is 0. The third-order valence-corrected chi connectivity index (χ3v) is 1.42. The van der Waals surface area contributed by atoms with Crippen molar-refractivity contribution in [3.63, 3.8) is 0 Å². The van der Waals surface area contributed by atoms with Crippen molar-refractivity contribution in [2.24, 2.45) is 0 Å². The van der Waals surface area contributed by atoms with E-state index in [-0.39, 0.29) is 0 Å². The second kappa shape index (κ2) is 1.74. The summed E-state index contributed by atoms with van der Waals surface area (Å²) < 4.78 is 0. The smallest absolute Gasteiger partial charge is 0.100 e. The van der Waals surface area contributed by atoms with Crippen LogP contribution in [0, 0.1) is 6.54 Å². The van der Waals surface area contributed by atoms with Gasteiger partial charge in [0.15, 0.2) is 0 Å². The Morgan fingerprint density at radius 2 is 2.57 bits per heavy atom. The SMILES string of the molecule is CN1[CH]CC=C1Cl. The van der Waals surface area contributed by atoms with Crippen molar-refractivity contribution in [3.05, 3.63) is 17.8 Å². The lowest BCUT2D eigenvalue weighted by Gasteiger charge is -2.07. The van der Waals surface area contributed by atoms with Crippen LogP contribution >= 0.6 is 11.6 Å². The molecule has 1 nitrogen and oxygen atoms in total. The lowest BCUT2D eigenvalue weighted by Crippen LogP contribution is -2.03. The summed E-state index contributed by atoms with van der Waals surface area (Å²) in [5, 5.41) is 0.833. The Kier molecular flexibility index (Phi) is 1.24. The molecule has 0 aliphatic carbocycles. The quantitative estimate of drug-likeness (QED) is 0.434. The Hall–Kier alpha value is -0.170. The van der Waals surface area contributed by atoms with Crippen LogP contribution in [0.25, 0.3) is 0 Å². The zero-order valence-electron chi connectivity index (χ0n) is 4.19. The maximum Gasteiger partial charge on any atom is 0.100 e. The van der Waals surface area contributed by atoms with Crippen LogP contribution in [0.4, 0.5) is 0 Å². The van der Waals surface area contributed by atoms with Gasteiger partial charge in [-0.2, -0.15) is 0 Å². The number of halogens is 1. The van der Waals surface area contributed by atoms with Gasteiger partial charge in [0.1, 0.15) is 5.16 Å². The van der Waals surface area contributed by atoms with E-state index in [9.17, 15) is 0 Å². The second-order valence-corrected chi connectivity index (χ2v) is 1.94. The highest BCUT2D eigenvalue weighted by atomic mass is 35.5. The largest absolute Gasteiger partial charge is 0.360 e. The molecule has 7 heavy (non-hydrogen) atoms. The Balaban J connectivity index is 2.54. The molecule has 0 N–H and O–H groups in total. The Labute approximate surface area is 48.6 Å². The Morgan fingerprint density at radius 1 is 1.86 bits per heavy atom. The molecule has 1 aliphatic heterocycles. The highest BCUT2D eigenvalue weighted by Crippen LogP contribution is 2.18. The van der Waals surface area contributed by atoms with Gasteiger partial charge in [-0.1, -0.05) is 11.6 Å². The van der Waals surface area contributed by atoms with Crippen LogP contribution < -0.4 is 0 Å². The van der Waals surface area contributed by atoms with Gasteiger partial charge in [-0.05, 0) is 12.5 Å². The zero-order valence-corrected chi connectivity index (χ0v) is 4.94. The van der Waals surface area contributed by atoms with Gasteiger partial charge in [0, 0.05) is 7.05 Å². The third kappa shape index (κ3) is 0.885. The summed E-state index contributed by atoms with van der Waals surface area (Å²) in [7, 11) is 1.94. The molecule has 1 heterocycles. The van der Waals surface area contributed by atoms with Crippen molar-refractivity contribution in [2.75, 3.05) is 7.05 Å². The van der Waals surface area contributed by atoms with E-state index in [1.165, 1.54) is 0 Å². The molecular formula is C5H7ClN. The summed E-state index contributed by atoms with van der Waals surface area (Å²) in [4.78, 5) is 1.90. The van der Waals surface area contributed by atoms with Crippen LogP contribution in [-0.2, 0) is 0 Å². The molecule has 0 amide bonds. The molecule has 0 atom stereocenters.